The van der Waals surface area contributed by atoms with E-state index in [1.54, 1.807) is 6.07 Å². The quantitative estimate of drug-likeness (QED) is 0.558. The molecule has 0 heterocycles. The molecule has 0 spiro atoms. The van der Waals surface area contributed by atoms with Crippen molar-refractivity contribution in [1.29, 1.82) is 0 Å². The number of carboxylic acid groups (broad SMARTS) is 1. The SMILES string of the molecule is CC(=O)O[N+](C(=O)[O-])(C(C)(C)C)S(=O)(=O)c1ccccc1Br. The Kier molecular flexibility index (Phi) is 5.05. The van der Waals surface area contributed by atoms with Gasteiger partial charge in [0.25, 0.3) is 0 Å². The normalized spacial score (nSPS) is 15.0. The summed E-state index contributed by atoms with van der Waals surface area (Å²) in [4.78, 5) is 27.5. The summed E-state index contributed by atoms with van der Waals surface area (Å²) in [6.07, 6.45) is -2.06. The van der Waals surface area contributed by atoms with Crippen LogP contribution in [0.25, 0.3) is 0 Å². The van der Waals surface area contributed by atoms with Crippen LogP contribution in [0.3, 0.4) is 0 Å². The molecule has 0 saturated heterocycles. The van der Waals surface area contributed by atoms with Crippen LogP contribution in [0.2, 0.25) is 0 Å². The van der Waals surface area contributed by atoms with Gasteiger partial charge in [-0.2, -0.15) is 8.42 Å². The van der Waals surface area contributed by atoms with Crippen molar-refractivity contribution in [3.8, 4) is 0 Å². The van der Waals surface area contributed by atoms with Gasteiger partial charge in [-0.15, -0.1) is 0 Å². The number of sulfonamides is 1. The Morgan fingerprint density at radius 3 is 2.09 bits per heavy atom. The van der Waals surface area contributed by atoms with Crippen LogP contribution in [0, 0.1) is 0 Å². The number of amides is 1. The van der Waals surface area contributed by atoms with Crippen molar-refractivity contribution in [2.45, 2.75) is 38.1 Å². The Bertz CT molecular complexity index is 709. The van der Waals surface area contributed by atoms with E-state index in [-0.39, 0.29) is 9.37 Å². The molecule has 0 fully saturated rings. The van der Waals surface area contributed by atoms with Crippen molar-refractivity contribution in [1.82, 2.24) is 0 Å². The minimum atomic E-state index is -4.66. The topological polar surface area (TPSA) is 101 Å². The Morgan fingerprint density at radius 1 is 1.23 bits per heavy atom. The molecule has 1 aromatic carbocycles. The Morgan fingerprint density at radius 2 is 1.73 bits per heavy atom. The second kappa shape index (κ2) is 5.98. The van der Waals surface area contributed by atoms with Gasteiger partial charge in [-0.1, -0.05) is 12.1 Å². The predicted octanol–water partition coefficient (Wildman–Crippen LogP) is 1.57. The number of rotatable bonds is 2. The minimum absolute atomic E-state index is 0.148. The van der Waals surface area contributed by atoms with Gasteiger partial charge in [0.1, 0.15) is 4.90 Å². The number of benzene rings is 1. The first-order valence-corrected chi connectivity index (χ1v) is 8.42. The zero-order valence-corrected chi connectivity index (χ0v) is 14.9. The number of carbonyl (C=O) groups excluding carboxylic acids is 2. The maximum atomic E-state index is 12.9. The van der Waals surface area contributed by atoms with Gasteiger partial charge in [-0.25, -0.2) is 4.79 Å². The van der Waals surface area contributed by atoms with E-state index in [4.69, 9.17) is 4.84 Å². The largest absolute Gasteiger partial charge is 0.494 e. The standard InChI is InChI=1S/C13H16BrNO6S/c1-9(16)21-15(12(17)18,13(2,3)4)22(19,20)11-8-6-5-7-10(11)14/h5-8H,1-4H3. The van der Waals surface area contributed by atoms with Crippen LogP contribution in [-0.4, -0.2) is 30.1 Å². The van der Waals surface area contributed by atoms with Crippen LogP contribution in [-0.2, 0) is 19.7 Å². The first-order valence-electron chi connectivity index (χ1n) is 6.18. The smallest absolute Gasteiger partial charge is 0.373 e. The van der Waals surface area contributed by atoms with Crippen molar-refractivity contribution >= 4 is 38.0 Å². The van der Waals surface area contributed by atoms with E-state index < -0.39 is 31.7 Å². The molecule has 0 aliphatic carbocycles. The number of quaternary nitrogens is 1. The van der Waals surface area contributed by atoms with Crippen molar-refractivity contribution in [3.05, 3.63) is 28.7 Å². The second-order valence-corrected chi connectivity index (χ2v) is 8.24. The van der Waals surface area contributed by atoms with Crippen LogP contribution in [0.4, 0.5) is 4.79 Å². The molecule has 0 radical (unpaired) electrons. The third kappa shape index (κ3) is 2.88. The van der Waals surface area contributed by atoms with Gasteiger partial charge in [0.05, 0.1) is 0 Å². The van der Waals surface area contributed by atoms with E-state index in [0.717, 1.165) is 6.92 Å². The van der Waals surface area contributed by atoms with E-state index in [2.05, 4.69) is 15.9 Å². The van der Waals surface area contributed by atoms with Crippen LogP contribution in [0.5, 0.6) is 0 Å². The average Bonchev–Trinajstić information content (AvgIpc) is 2.33. The first kappa shape index (κ1) is 18.6. The molecule has 0 N–H and O–H groups in total. The lowest BCUT2D eigenvalue weighted by molar-refractivity contribution is -0.976. The van der Waals surface area contributed by atoms with Gasteiger partial charge in [0.15, 0.2) is 5.54 Å². The molecule has 1 unspecified atom stereocenters. The van der Waals surface area contributed by atoms with Gasteiger partial charge in [0.2, 0.25) is 0 Å². The van der Waals surface area contributed by atoms with Gasteiger partial charge < -0.3 is 9.90 Å². The van der Waals surface area contributed by atoms with Gasteiger partial charge in [-0.3, -0.25) is 4.84 Å². The Hall–Kier alpha value is -1.45. The third-order valence-electron chi connectivity index (χ3n) is 2.83. The van der Waals surface area contributed by atoms with Crippen molar-refractivity contribution < 1.29 is 32.0 Å². The van der Waals surface area contributed by atoms with E-state index in [1.807, 2.05) is 0 Å². The molecule has 7 nitrogen and oxygen atoms in total. The molecule has 22 heavy (non-hydrogen) atoms. The highest BCUT2D eigenvalue weighted by atomic mass is 79.9. The van der Waals surface area contributed by atoms with Crippen LogP contribution in [0.15, 0.2) is 33.6 Å². The Labute approximate surface area is 137 Å². The molecular weight excluding hydrogens is 378 g/mol. The van der Waals surface area contributed by atoms with Crippen molar-refractivity contribution in [2.24, 2.45) is 0 Å². The molecule has 1 aromatic rings. The summed E-state index contributed by atoms with van der Waals surface area (Å²) in [6, 6.07) is 5.65. The lowest BCUT2D eigenvalue weighted by atomic mass is 10.1. The second-order valence-electron chi connectivity index (χ2n) is 5.48. The van der Waals surface area contributed by atoms with Gasteiger partial charge in [-0.05, 0) is 48.8 Å². The highest BCUT2D eigenvalue weighted by molar-refractivity contribution is 9.10. The minimum Gasteiger partial charge on any atom is -0.494 e. The zero-order valence-electron chi connectivity index (χ0n) is 12.5. The fraction of sp³-hybridized carbons (Fsp3) is 0.385. The van der Waals surface area contributed by atoms with E-state index in [1.165, 1.54) is 39.0 Å². The molecule has 0 bridgehead atoms. The number of nitrogens with zero attached hydrogens (tertiary/aromatic N) is 1. The summed E-state index contributed by atoms with van der Waals surface area (Å²) in [5, 5.41) is 11.7. The number of hydroxylamine groups is 2. The fourth-order valence-electron chi connectivity index (χ4n) is 1.93. The molecule has 1 amide bonds. The molecule has 122 valence electrons. The summed E-state index contributed by atoms with van der Waals surface area (Å²) >= 11 is 3.06. The van der Waals surface area contributed by atoms with E-state index in [0.29, 0.717) is 0 Å². The summed E-state index contributed by atoms with van der Waals surface area (Å²) in [5.74, 6) is -1.06. The van der Waals surface area contributed by atoms with Crippen molar-refractivity contribution in [2.75, 3.05) is 0 Å². The fourth-order valence-corrected chi connectivity index (χ4v) is 4.79. The molecule has 0 aliphatic heterocycles. The number of halogens is 1. The summed E-state index contributed by atoms with van der Waals surface area (Å²) < 4.78 is 24.0. The van der Waals surface area contributed by atoms with E-state index >= 15 is 0 Å². The number of hydrogen-bond acceptors (Lipinski definition) is 6. The summed E-state index contributed by atoms with van der Waals surface area (Å²) in [5.41, 5.74) is -1.53. The number of hydrogen-bond donors (Lipinski definition) is 0. The van der Waals surface area contributed by atoms with E-state index in [9.17, 15) is 23.1 Å². The highest BCUT2D eigenvalue weighted by Gasteiger charge is 2.60. The first-order chi connectivity index (χ1) is 9.88. The van der Waals surface area contributed by atoms with Crippen molar-refractivity contribution in [3.63, 3.8) is 0 Å². The maximum Gasteiger partial charge on any atom is 0.373 e. The summed E-state index contributed by atoms with van der Waals surface area (Å²) in [7, 11) is -4.66. The summed E-state index contributed by atoms with van der Waals surface area (Å²) in [6.45, 7) is 4.89. The lowest BCUT2D eigenvalue weighted by Gasteiger charge is -2.41. The lowest BCUT2D eigenvalue weighted by Crippen LogP contribution is -2.70. The van der Waals surface area contributed by atoms with Crippen LogP contribution >= 0.6 is 15.9 Å². The van der Waals surface area contributed by atoms with Crippen LogP contribution < -0.4 is 5.11 Å². The molecule has 1 rings (SSSR count). The molecule has 0 aliphatic rings. The molecule has 0 aromatic heterocycles. The average molecular weight is 394 g/mol. The predicted molar refractivity (Wildman–Crippen MR) is 78.5 cm³/mol. The molecule has 1 atom stereocenters. The molecule has 9 heteroatoms. The Balaban J connectivity index is 3.82. The zero-order chi connectivity index (χ0) is 17.3. The molecule has 0 saturated carbocycles. The van der Waals surface area contributed by atoms with Gasteiger partial charge in [0, 0.05) is 15.4 Å². The monoisotopic (exact) mass is 393 g/mol. The van der Waals surface area contributed by atoms with Gasteiger partial charge >= 0.3 is 22.1 Å². The highest BCUT2D eigenvalue weighted by Crippen LogP contribution is 2.37. The molecular formula is C13H16BrNO6S. The maximum absolute atomic E-state index is 12.9. The third-order valence-corrected chi connectivity index (χ3v) is 6.15. The van der Waals surface area contributed by atoms with Crippen LogP contribution in [0.1, 0.15) is 27.7 Å². The number of carbonyl (C=O) groups is 2.